The lowest BCUT2D eigenvalue weighted by atomic mass is 9.81. The molecule has 0 saturated heterocycles. The summed E-state index contributed by atoms with van der Waals surface area (Å²) in [5.74, 6) is 0.656. The molecule has 2 atom stereocenters. The van der Waals surface area contributed by atoms with Gasteiger partial charge in [0.1, 0.15) is 11.6 Å². The molecule has 2 unspecified atom stereocenters. The maximum Gasteiger partial charge on any atom is 0.146 e. The van der Waals surface area contributed by atoms with Crippen LogP contribution in [0.1, 0.15) is 46.0 Å². The Kier molecular flexibility index (Phi) is 4.78. The lowest BCUT2D eigenvalue weighted by Crippen LogP contribution is -2.28. The van der Waals surface area contributed by atoms with Gasteiger partial charge >= 0.3 is 0 Å². The van der Waals surface area contributed by atoms with Crippen molar-refractivity contribution in [3.63, 3.8) is 0 Å². The first-order valence-electron chi connectivity index (χ1n) is 7.26. The Morgan fingerprint density at radius 3 is 2.79 bits per heavy atom. The smallest absolute Gasteiger partial charge is 0.146 e. The van der Waals surface area contributed by atoms with E-state index in [1.807, 2.05) is 0 Å². The zero-order valence-corrected chi connectivity index (χ0v) is 11.8. The molecule has 0 radical (unpaired) electrons. The Morgan fingerprint density at radius 1 is 1.26 bits per heavy atom. The quantitative estimate of drug-likeness (QED) is 0.811. The molecule has 1 aromatic rings. The molecule has 1 nitrogen and oxygen atoms in total. The molecule has 0 aliphatic heterocycles. The van der Waals surface area contributed by atoms with Crippen LogP contribution in [-0.2, 0) is 0 Å². The molecule has 1 fully saturated rings. The number of hydrogen-bond donors (Lipinski definition) is 1. The minimum atomic E-state index is -0.390. The van der Waals surface area contributed by atoms with E-state index in [9.17, 15) is 8.78 Å². The van der Waals surface area contributed by atoms with Crippen LogP contribution in [0.15, 0.2) is 18.2 Å². The second kappa shape index (κ2) is 6.36. The molecule has 106 valence electrons. The van der Waals surface area contributed by atoms with Crippen molar-refractivity contribution >= 4 is 5.69 Å². The molecule has 19 heavy (non-hydrogen) atoms. The lowest BCUT2D eigenvalue weighted by Gasteiger charge is -2.31. The number of nitrogens with one attached hydrogen (secondary N) is 1. The fourth-order valence-corrected chi connectivity index (χ4v) is 3.13. The highest BCUT2D eigenvalue weighted by Gasteiger charge is 2.23. The van der Waals surface area contributed by atoms with Gasteiger partial charge in [-0.3, -0.25) is 0 Å². The van der Waals surface area contributed by atoms with Gasteiger partial charge in [0, 0.05) is 6.04 Å². The predicted octanol–water partition coefficient (Wildman–Crippen LogP) is 4.98. The topological polar surface area (TPSA) is 12.0 Å². The highest BCUT2D eigenvalue weighted by Crippen LogP contribution is 2.31. The average molecular weight is 267 g/mol. The second-order valence-corrected chi connectivity index (χ2v) is 6.13. The average Bonchev–Trinajstić information content (AvgIpc) is 2.33. The third kappa shape index (κ3) is 4.19. The summed E-state index contributed by atoms with van der Waals surface area (Å²) in [6.45, 7) is 4.48. The number of benzene rings is 1. The molecular weight excluding hydrogens is 244 g/mol. The lowest BCUT2D eigenvalue weighted by molar-refractivity contribution is 0.288. The summed E-state index contributed by atoms with van der Waals surface area (Å²) in [5.41, 5.74) is 0.301. The Bertz CT molecular complexity index is 417. The van der Waals surface area contributed by atoms with Gasteiger partial charge in [0.05, 0.1) is 5.69 Å². The Labute approximate surface area is 114 Å². The van der Waals surface area contributed by atoms with Crippen LogP contribution < -0.4 is 5.32 Å². The SMILES string of the molecule is CC(C)CC1CCCC(Nc2cc(F)ccc2F)C1. The summed E-state index contributed by atoms with van der Waals surface area (Å²) in [7, 11) is 0. The Hall–Kier alpha value is -1.12. The normalized spacial score (nSPS) is 23.6. The van der Waals surface area contributed by atoms with Gasteiger partial charge in [-0.05, 0) is 49.3 Å². The number of halogens is 2. The van der Waals surface area contributed by atoms with Gasteiger partial charge in [0.15, 0.2) is 0 Å². The molecule has 2 rings (SSSR count). The van der Waals surface area contributed by atoms with E-state index in [1.165, 1.54) is 31.4 Å². The van der Waals surface area contributed by atoms with Crippen molar-refractivity contribution in [3.05, 3.63) is 29.8 Å². The van der Waals surface area contributed by atoms with Gasteiger partial charge in [-0.1, -0.05) is 26.7 Å². The van der Waals surface area contributed by atoms with Crippen LogP contribution in [-0.4, -0.2) is 6.04 Å². The summed E-state index contributed by atoms with van der Waals surface area (Å²) in [6, 6.07) is 3.87. The third-order valence-corrected chi connectivity index (χ3v) is 3.88. The van der Waals surface area contributed by atoms with Crippen molar-refractivity contribution in [2.24, 2.45) is 11.8 Å². The van der Waals surface area contributed by atoms with Crippen LogP contribution in [0.3, 0.4) is 0 Å². The first-order valence-corrected chi connectivity index (χ1v) is 7.26. The van der Waals surface area contributed by atoms with Crippen molar-refractivity contribution in [1.82, 2.24) is 0 Å². The molecule has 1 N–H and O–H groups in total. The first-order chi connectivity index (χ1) is 9.04. The van der Waals surface area contributed by atoms with Crippen molar-refractivity contribution in [2.75, 3.05) is 5.32 Å². The van der Waals surface area contributed by atoms with E-state index in [0.29, 0.717) is 17.5 Å². The maximum atomic E-state index is 13.6. The fraction of sp³-hybridized carbons (Fsp3) is 0.625. The van der Waals surface area contributed by atoms with Gasteiger partial charge in [-0.2, -0.15) is 0 Å². The zero-order chi connectivity index (χ0) is 13.8. The molecule has 0 amide bonds. The minimum absolute atomic E-state index is 0.272. The van der Waals surface area contributed by atoms with Crippen LogP contribution in [0.4, 0.5) is 14.5 Å². The van der Waals surface area contributed by atoms with E-state index in [-0.39, 0.29) is 11.9 Å². The number of hydrogen-bond acceptors (Lipinski definition) is 1. The molecule has 1 aliphatic rings. The van der Waals surface area contributed by atoms with E-state index < -0.39 is 5.82 Å². The van der Waals surface area contributed by atoms with Crippen molar-refractivity contribution in [3.8, 4) is 0 Å². The second-order valence-electron chi connectivity index (χ2n) is 6.13. The van der Waals surface area contributed by atoms with E-state index in [4.69, 9.17) is 0 Å². The predicted molar refractivity (Wildman–Crippen MR) is 75.2 cm³/mol. The van der Waals surface area contributed by atoms with Gasteiger partial charge in [-0.15, -0.1) is 0 Å². The Balaban J connectivity index is 1.96. The van der Waals surface area contributed by atoms with Gasteiger partial charge in [-0.25, -0.2) is 8.78 Å². The summed E-state index contributed by atoms with van der Waals surface area (Å²) >= 11 is 0. The van der Waals surface area contributed by atoms with Crippen LogP contribution in [0, 0.1) is 23.5 Å². The largest absolute Gasteiger partial charge is 0.380 e. The molecule has 0 bridgehead atoms. The summed E-state index contributed by atoms with van der Waals surface area (Å²) < 4.78 is 26.7. The van der Waals surface area contributed by atoms with E-state index in [2.05, 4.69) is 19.2 Å². The minimum Gasteiger partial charge on any atom is -0.380 e. The standard InChI is InChI=1S/C16H23F2N/c1-11(2)8-12-4-3-5-14(9-12)19-16-10-13(17)6-7-15(16)18/h6-7,10-12,14,19H,3-5,8-9H2,1-2H3. The van der Waals surface area contributed by atoms with Crippen LogP contribution in [0.5, 0.6) is 0 Å². The monoisotopic (exact) mass is 267 g/mol. The maximum absolute atomic E-state index is 13.6. The summed E-state index contributed by atoms with van der Waals surface area (Å²) in [6.07, 6.45) is 5.77. The van der Waals surface area contributed by atoms with Crippen molar-refractivity contribution < 1.29 is 8.78 Å². The first kappa shape index (κ1) is 14.3. The van der Waals surface area contributed by atoms with E-state index in [1.54, 1.807) is 0 Å². The van der Waals surface area contributed by atoms with Gasteiger partial charge in [0.2, 0.25) is 0 Å². The highest BCUT2D eigenvalue weighted by atomic mass is 19.1. The van der Waals surface area contributed by atoms with E-state index >= 15 is 0 Å². The van der Waals surface area contributed by atoms with Gasteiger partial charge < -0.3 is 5.32 Å². The van der Waals surface area contributed by atoms with Crippen LogP contribution in [0.25, 0.3) is 0 Å². The van der Waals surface area contributed by atoms with Gasteiger partial charge in [0.25, 0.3) is 0 Å². The molecule has 0 spiro atoms. The molecule has 1 aliphatic carbocycles. The molecule has 0 aromatic heterocycles. The molecule has 3 heteroatoms. The van der Waals surface area contributed by atoms with E-state index in [0.717, 1.165) is 18.9 Å². The number of anilines is 1. The summed E-state index contributed by atoms with van der Waals surface area (Å²) in [5, 5.41) is 3.18. The zero-order valence-electron chi connectivity index (χ0n) is 11.8. The highest BCUT2D eigenvalue weighted by molar-refractivity contribution is 5.45. The third-order valence-electron chi connectivity index (χ3n) is 3.88. The summed E-state index contributed by atoms with van der Waals surface area (Å²) in [4.78, 5) is 0. The number of rotatable bonds is 4. The molecule has 1 aromatic carbocycles. The molecular formula is C16H23F2N. The van der Waals surface area contributed by atoms with Crippen LogP contribution >= 0.6 is 0 Å². The Morgan fingerprint density at radius 2 is 2.05 bits per heavy atom. The molecule has 1 saturated carbocycles. The fourth-order valence-electron chi connectivity index (χ4n) is 3.13. The van der Waals surface area contributed by atoms with Crippen molar-refractivity contribution in [1.29, 1.82) is 0 Å². The van der Waals surface area contributed by atoms with Crippen LogP contribution in [0.2, 0.25) is 0 Å². The van der Waals surface area contributed by atoms with Crippen molar-refractivity contribution in [2.45, 2.75) is 52.0 Å². The molecule has 0 heterocycles.